The van der Waals surface area contributed by atoms with Crippen molar-refractivity contribution in [3.63, 3.8) is 0 Å². The van der Waals surface area contributed by atoms with Crippen molar-refractivity contribution in [1.82, 2.24) is 4.72 Å². The second-order valence-corrected chi connectivity index (χ2v) is 6.00. The van der Waals surface area contributed by atoms with Crippen molar-refractivity contribution in [1.29, 1.82) is 0 Å². The van der Waals surface area contributed by atoms with Gasteiger partial charge in [-0.15, -0.1) is 11.6 Å². The monoisotopic (exact) mass is 261 g/mol. The van der Waals surface area contributed by atoms with Gasteiger partial charge < -0.3 is 0 Å². The molecule has 0 aliphatic heterocycles. The van der Waals surface area contributed by atoms with Gasteiger partial charge in [0.15, 0.2) is 0 Å². The lowest BCUT2D eigenvalue weighted by molar-refractivity contribution is 0.569. The van der Waals surface area contributed by atoms with Gasteiger partial charge in [-0.2, -0.15) is 0 Å². The summed E-state index contributed by atoms with van der Waals surface area (Å²) >= 11 is 5.65. The van der Waals surface area contributed by atoms with Gasteiger partial charge in [0.25, 0.3) is 0 Å². The molecule has 0 radical (unpaired) electrons. The van der Waals surface area contributed by atoms with Crippen LogP contribution in [0.15, 0.2) is 24.3 Å². The van der Waals surface area contributed by atoms with Crippen LogP contribution in [0.3, 0.4) is 0 Å². The molecule has 0 aliphatic rings. The smallest absolute Gasteiger partial charge is 0.212 e. The Bertz CT molecular complexity index is 426. The number of sulfonamides is 1. The molecule has 90 valence electrons. The number of rotatable bonds is 5. The summed E-state index contributed by atoms with van der Waals surface area (Å²) in [5, 5.41) is 0. The number of halogens is 1. The maximum Gasteiger partial charge on any atom is 0.216 e. The topological polar surface area (TPSA) is 46.2 Å². The summed E-state index contributed by atoms with van der Waals surface area (Å²) in [6.45, 7) is 3.60. The molecule has 0 saturated carbocycles. The zero-order chi connectivity index (χ0) is 12.2. The minimum Gasteiger partial charge on any atom is -0.212 e. The lowest BCUT2D eigenvalue weighted by Gasteiger charge is -2.09. The molecule has 0 aromatic heterocycles. The molecule has 1 N–H and O–H groups in total. The lowest BCUT2D eigenvalue weighted by Crippen LogP contribution is -2.31. The second-order valence-electron chi connectivity index (χ2n) is 3.98. The summed E-state index contributed by atoms with van der Waals surface area (Å²) in [4.78, 5) is 0. The quantitative estimate of drug-likeness (QED) is 0.827. The summed E-state index contributed by atoms with van der Waals surface area (Å²) in [5.41, 5.74) is 1.75. The van der Waals surface area contributed by atoms with Gasteiger partial charge in [0.05, 0.1) is 5.75 Å². The van der Waals surface area contributed by atoms with E-state index in [0.717, 1.165) is 11.1 Å². The summed E-state index contributed by atoms with van der Waals surface area (Å²) < 4.78 is 25.8. The molecule has 16 heavy (non-hydrogen) atoms. The molecule has 0 aliphatic carbocycles. The highest BCUT2D eigenvalue weighted by Gasteiger charge is 2.12. The van der Waals surface area contributed by atoms with E-state index >= 15 is 0 Å². The van der Waals surface area contributed by atoms with E-state index in [1.54, 1.807) is 26.0 Å². The van der Waals surface area contributed by atoms with E-state index in [-0.39, 0.29) is 11.8 Å². The molecule has 0 unspecified atom stereocenters. The van der Waals surface area contributed by atoms with Crippen molar-refractivity contribution in [3.8, 4) is 0 Å². The van der Waals surface area contributed by atoms with Crippen molar-refractivity contribution in [2.24, 2.45) is 0 Å². The first-order valence-electron chi connectivity index (χ1n) is 5.07. The van der Waals surface area contributed by atoms with E-state index in [2.05, 4.69) is 4.72 Å². The first kappa shape index (κ1) is 13.5. The molecule has 1 aromatic carbocycles. The fourth-order valence-corrected chi connectivity index (χ4v) is 2.96. The summed E-state index contributed by atoms with van der Waals surface area (Å²) in [6.07, 6.45) is 0. The van der Waals surface area contributed by atoms with E-state index in [4.69, 9.17) is 11.6 Å². The first-order chi connectivity index (χ1) is 7.43. The molecule has 0 spiro atoms. The van der Waals surface area contributed by atoms with Gasteiger partial charge in [0, 0.05) is 11.9 Å². The Labute approximate surface area is 102 Å². The zero-order valence-electron chi connectivity index (χ0n) is 9.40. The van der Waals surface area contributed by atoms with Gasteiger partial charge in [-0.3, -0.25) is 0 Å². The third-order valence-corrected chi connectivity index (χ3v) is 3.80. The number of benzene rings is 1. The normalized spacial score (nSPS) is 12.0. The predicted molar refractivity (Wildman–Crippen MR) is 66.9 cm³/mol. The van der Waals surface area contributed by atoms with Crippen LogP contribution in [0.4, 0.5) is 0 Å². The van der Waals surface area contributed by atoms with E-state index in [1.165, 1.54) is 0 Å². The summed E-state index contributed by atoms with van der Waals surface area (Å²) in [5.74, 6) is 0.449. The molecule has 0 bridgehead atoms. The van der Waals surface area contributed by atoms with Crippen LogP contribution >= 0.6 is 11.6 Å². The maximum absolute atomic E-state index is 11.6. The molecule has 0 atom stereocenters. The average molecular weight is 262 g/mol. The Hall–Kier alpha value is -0.580. The van der Waals surface area contributed by atoms with Gasteiger partial charge in [-0.25, -0.2) is 13.1 Å². The summed E-state index contributed by atoms with van der Waals surface area (Å²) in [7, 11) is -3.24. The van der Waals surface area contributed by atoms with Crippen LogP contribution in [-0.4, -0.2) is 14.5 Å². The minimum absolute atomic E-state index is 0.00768. The molecule has 3 nitrogen and oxygen atoms in total. The second kappa shape index (κ2) is 5.66. The number of alkyl halides is 1. The van der Waals surface area contributed by atoms with Crippen LogP contribution in [0.5, 0.6) is 0 Å². The molecule has 1 rings (SSSR count). The van der Waals surface area contributed by atoms with E-state index in [9.17, 15) is 8.42 Å². The van der Waals surface area contributed by atoms with E-state index in [0.29, 0.717) is 5.88 Å². The van der Waals surface area contributed by atoms with Gasteiger partial charge in [0.1, 0.15) is 0 Å². The summed E-state index contributed by atoms with van der Waals surface area (Å²) in [6, 6.07) is 7.18. The molecular formula is C11H16ClNO2S. The van der Waals surface area contributed by atoms with Crippen molar-refractivity contribution >= 4 is 21.6 Å². The molecule has 0 fully saturated rings. The third-order valence-electron chi connectivity index (χ3n) is 1.95. The molecule has 1 aromatic rings. The molecule has 0 heterocycles. The minimum atomic E-state index is -3.24. The number of hydrogen-bond donors (Lipinski definition) is 1. The highest BCUT2D eigenvalue weighted by atomic mass is 35.5. The number of nitrogens with one attached hydrogen (secondary N) is 1. The van der Waals surface area contributed by atoms with Crippen molar-refractivity contribution in [2.45, 2.75) is 31.5 Å². The number of hydrogen-bond acceptors (Lipinski definition) is 2. The van der Waals surface area contributed by atoms with Crippen molar-refractivity contribution in [2.75, 3.05) is 0 Å². The standard InChI is InChI=1S/C11H16ClNO2S/c1-9(2)13-16(14,15)8-11-5-3-10(7-12)4-6-11/h3-6,9,13H,7-8H2,1-2H3. The van der Waals surface area contributed by atoms with Crippen LogP contribution in [0.1, 0.15) is 25.0 Å². The Morgan fingerprint density at radius 2 is 1.69 bits per heavy atom. The van der Waals surface area contributed by atoms with Crippen LogP contribution in [0.25, 0.3) is 0 Å². The van der Waals surface area contributed by atoms with Gasteiger partial charge >= 0.3 is 0 Å². The van der Waals surface area contributed by atoms with Crippen LogP contribution in [0, 0.1) is 0 Å². The van der Waals surface area contributed by atoms with Crippen LogP contribution < -0.4 is 4.72 Å². The molecule has 0 saturated heterocycles. The highest BCUT2D eigenvalue weighted by molar-refractivity contribution is 7.88. The van der Waals surface area contributed by atoms with Gasteiger partial charge in [-0.1, -0.05) is 24.3 Å². The fraction of sp³-hybridized carbons (Fsp3) is 0.455. The largest absolute Gasteiger partial charge is 0.216 e. The van der Waals surface area contributed by atoms with Gasteiger partial charge in [-0.05, 0) is 25.0 Å². The Morgan fingerprint density at radius 1 is 1.19 bits per heavy atom. The highest BCUT2D eigenvalue weighted by Crippen LogP contribution is 2.09. The van der Waals surface area contributed by atoms with E-state index in [1.807, 2.05) is 12.1 Å². The fourth-order valence-electron chi connectivity index (χ4n) is 1.34. The molecule has 0 amide bonds. The predicted octanol–water partition coefficient (Wildman–Crippen LogP) is 2.25. The molecular weight excluding hydrogens is 246 g/mol. The Morgan fingerprint density at radius 3 is 2.12 bits per heavy atom. The molecule has 5 heteroatoms. The Balaban J connectivity index is 2.72. The first-order valence-corrected chi connectivity index (χ1v) is 7.25. The SMILES string of the molecule is CC(C)NS(=O)(=O)Cc1ccc(CCl)cc1. The van der Waals surface area contributed by atoms with E-state index < -0.39 is 10.0 Å². The van der Waals surface area contributed by atoms with Crippen LogP contribution in [-0.2, 0) is 21.7 Å². The zero-order valence-corrected chi connectivity index (χ0v) is 11.0. The van der Waals surface area contributed by atoms with Gasteiger partial charge in [0.2, 0.25) is 10.0 Å². The van der Waals surface area contributed by atoms with Crippen molar-refractivity contribution < 1.29 is 8.42 Å². The maximum atomic E-state index is 11.6. The Kier molecular flexibility index (Phi) is 4.77. The average Bonchev–Trinajstić information content (AvgIpc) is 2.16. The van der Waals surface area contributed by atoms with Crippen LogP contribution in [0.2, 0.25) is 0 Å². The van der Waals surface area contributed by atoms with Crippen molar-refractivity contribution in [3.05, 3.63) is 35.4 Å². The third kappa shape index (κ3) is 4.51. The lowest BCUT2D eigenvalue weighted by atomic mass is 10.2.